The highest BCUT2D eigenvalue weighted by atomic mass is 16.3. The summed E-state index contributed by atoms with van der Waals surface area (Å²) >= 11 is 0. The number of aryl methyl sites for hydroxylation is 1. The molecular formula is C13H20N2O2. The van der Waals surface area contributed by atoms with Crippen molar-refractivity contribution in [3.8, 4) is 0 Å². The Balaban J connectivity index is 2.16. The average Bonchev–Trinajstić information content (AvgIpc) is 2.75. The van der Waals surface area contributed by atoms with Crippen LogP contribution < -0.4 is 5.73 Å². The van der Waals surface area contributed by atoms with Crippen molar-refractivity contribution in [3.63, 3.8) is 0 Å². The summed E-state index contributed by atoms with van der Waals surface area (Å²) in [6, 6.07) is 3.71. The van der Waals surface area contributed by atoms with Crippen LogP contribution in [0.3, 0.4) is 0 Å². The second-order valence-corrected chi connectivity index (χ2v) is 4.83. The molecule has 94 valence electrons. The Kier molecular flexibility index (Phi) is 3.52. The zero-order valence-corrected chi connectivity index (χ0v) is 10.5. The van der Waals surface area contributed by atoms with Crippen molar-refractivity contribution >= 4 is 5.91 Å². The quantitative estimate of drug-likeness (QED) is 0.853. The largest absolute Gasteiger partial charge is 0.456 e. The molecule has 0 saturated carbocycles. The molecule has 2 heterocycles. The first kappa shape index (κ1) is 12.2. The summed E-state index contributed by atoms with van der Waals surface area (Å²) in [5, 5.41) is 0. The van der Waals surface area contributed by atoms with Gasteiger partial charge in [-0.15, -0.1) is 0 Å². The molecule has 1 aromatic heterocycles. The van der Waals surface area contributed by atoms with Crippen LogP contribution in [0.4, 0.5) is 0 Å². The van der Waals surface area contributed by atoms with Gasteiger partial charge in [-0.2, -0.15) is 0 Å². The van der Waals surface area contributed by atoms with Crippen molar-refractivity contribution in [2.45, 2.75) is 45.2 Å². The third kappa shape index (κ3) is 2.52. The van der Waals surface area contributed by atoms with Crippen LogP contribution in [-0.4, -0.2) is 29.4 Å². The lowest BCUT2D eigenvalue weighted by atomic mass is 9.96. The molecule has 2 rings (SSSR count). The Morgan fingerprint density at radius 1 is 1.53 bits per heavy atom. The molecule has 1 fully saturated rings. The lowest BCUT2D eigenvalue weighted by molar-refractivity contribution is 0.0550. The fourth-order valence-electron chi connectivity index (χ4n) is 2.45. The number of furan rings is 1. The Bertz CT molecular complexity index is 398. The summed E-state index contributed by atoms with van der Waals surface area (Å²) in [4.78, 5) is 14.2. The van der Waals surface area contributed by atoms with Gasteiger partial charge in [-0.1, -0.05) is 0 Å². The lowest BCUT2D eigenvalue weighted by Gasteiger charge is -2.37. The first-order valence-corrected chi connectivity index (χ1v) is 6.22. The van der Waals surface area contributed by atoms with Crippen molar-refractivity contribution in [2.75, 3.05) is 6.54 Å². The van der Waals surface area contributed by atoms with Crippen LogP contribution in [0.25, 0.3) is 0 Å². The SMILES string of the molecule is Cc1ccc(C(=O)N2CCCC[C@@H]2[C@@H](C)N)o1. The maximum Gasteiger partial charge on any atom is 0.289 e. The monoisotopic (exact) mass is 236 g/mol. The second-order valence-electron chi connectivity index (χ2n) is 4.83. The van der Waals surface area contributed by atoms with Crippen LogP contribution >= 0.6 is 0 Å². The van der Waals surface area contributed by atoms with Gasteiger partial charge in [-0.3, -0.25) is 4.79 Å². The zero-order valence-electron chi connectivity index (χ0n) is 10.5. The molecule has 1 aliphatic heterocycles. The summed E-state index contributed by atoms with van der Waals surface area (Å²) in [6.45, 7) is 4.59. The van der Waals surface area contributed by atoms with E-state index in [1.807, 2.05) is 24.8 Å². The molecule has 1 saturated heterocycles. The number of rotatable bonds is 2. The molecule has 0 aromatic carbocycles. The highest BCUT2D eigenvalue weighted by Gasteiger charge is 2.31. The average molecular weight is 236 g/mol. The predicted octanol–water partition coefficient (Wildman–Crippen LogP) is 1.93. The van der Waals surface area contributed by atoms with E-state index in [4.69, 9.17) is 10.2 Å². The number of likely N-dealkylation sites (tertiary alicyclic amines) is 1. The lowest BCUT2D eigenvalue weighted by Crippen LogP contribution is -2.51. The van der Waals surface area contributed by atoms with E-state index < -0.39 is 0 Å². The van der Waals surface area contributed by atoms with Crippen molar-refractivity contribution in [2.24, 2.45) is 5.73 Å². The molecule has 0 aliphatic carbocycles. The molecule has 4 heteroatoms. The maximum atomic E-state index is 12.3. The van der Waals surface area contributed by atoms with Gasteiger partial charge in [-0.05, 0) is 45.2 Å². The van der Waals surface area contributed by atoms with Gasteiger partial charge in [0.2, 0.25) is 0 Å². The molecule has 0 unspecified atom stereocenters. The zero-order chi connectivity index (χ0) is 12.4. The van der Waals surface area contributed by atoms with E-state index in [9.17, 15) is 4.79 Å². The Morgan fingerprint density at radius 3 is 2.88 bits per heavy atom. The highest BCUT2D eigenvalue weighted by Crippen LogP contribution is 2.22. The predicted molar refractivity (Wildman–Crippen MR) is 65.8 cm³/mol. The van der Waals surface area contributed by atoms with Crippen molar-refractivity contribution in [3.05, 3.63) is 23.7 Å². The van der Waals surface area contributed by atoms with Crippen LogP contribution in [-0.2, 0) is 0 Å². The number of carbonyl (C=O) groups excluding carboxylic acids is 1. The van der Waals surface area contributed by atoms with Crippen molar-refractivity contribution in [1.29, 1.82) is 0 Å². The number of amides is 1. The van der Waals surface area contributed by atoms with Gasteiger partial charge in [0.1, 0.15) is 5.76 Å². The minimum Gasteiger partial charge on any atom is -0.456 e. The first-order valence-electron chi connectivity index (χ1n) is 6.22. The van der Waals surface area contributed by atoms with Crippen molar-refractivity contribution in [1.82, 2.24) is 4.90 Å². The Hall–Kier alpha value is -1.29. The molecule has 2 N–H and O–H groups in total. The summed E-state index contributed by atoms with van der Waals surface area (Å²) in [7, 11) is 0. The molecule has 1 aromatic rings. The summed E-state index contributed by atoms with van der Waals surface area (Å²) in [5.41, 5.74) is 5.95. The molecular weight excluding hydrogens is 216 g/mol. The Labute approximate surface area is 102 Å². The number of piperidine rings is 1. The third-order valence-corrected chi connectivity index (χ3v) is 3.37. The minimum atomic E-state index is -0.0277. The number of nitrogens with zero attached hydrogens (tertiary/aromatic N) is 1. The van der Waals surface area contributed by atoms with Gasteiger partial charge < -0.3 is 15.1 Å². The van der Waals surface area contributed by atoms with Crippen molar-refractivity contribution < 1.29 is 9.21 Å². The molecule has 1 aliphatic rings. The normalized spacial score (nSPS) is 22.5. The Morgan fingerprint density at radius 2 is 2.29 bits per heavy atom. The van der Waals surface area contributed by atoms with Gasteiger partial charge >= 0.3 is 0 Å². The maximum absolute atomic E-state index is 12.3. The fourth-order valence-corrected chi connectivity index (χ4v) is 2.45. The van der Waals surface area contributed by atoms with E-state index in [1.165, 1.54) is 0 Å². The molecule has 0 bridgehead atoms. The molecule has 0 spiro atoms. The number of hydrogen-bond acceptors (Lipinski definition) is 3. The minimum absolute atomic E-state index is 0.00955. The molecule has 2 atom stereocenters. The summed E-state index contributed by atoms with van der Waals surface area (Å²) < 4.78 is 5.39. The van der Waals surface area contributed by atoms with E-state index in [1.54, 1.807) is 6.07 Å². The third-order valence-electron chi connectivity index (χ3n) is 3.37. The van der Waals surface area contributed by atoms with E-state index >= 15 is 0 Å². The van der Waals surface area contributed by atoms with Gasteiger partial charge in [0, 0.05) is 18.6 Å². The van der Waals surface area contributed by atoms with Crippen LogP contribution in [0.1, 0.15) is 42.5 Å². The van der Waals surface area contributed by atoms with Gasteiger partial charge in [0.25, 0.3) is 5.91 Å². The van der Waals surface area contributed by atoms with E-state index in [0.29, 0.717) is 5.76 Å². The highest BCUT2D eigenvalue weighted by molar-refractivity contribution is 5.91. The first-order chi connectivity index (χ1) is 8.09. The molecule has 17 heavy (non-hydrogen) atoms. The molecule has 1 amide bonds. The number of hydrogen-bond donors (Lipinski definition) is 1. The topological polar surface area (TPSA) is 59.5 Å². The van der Waals surface area contributed by atoms with Crippen LogP contribution in [0.2, 0.25) is 0 Å². The molecule has 0 radical (unpaired) electrons. The van der Waals surface area contributed by atoms with E-state index in [-0.39, 0.29) is 18.0 Å². The van der Waals surface area contributed by atoms with Crippen LogP contribution in [0.5, 0.6) is 0 Å². The van der Waals surface area contributed by atoms with Gasteiger partial charge in [-0.25, -0.2) is 0 Å². The molecule has 4 nitrogen and oxygen atoms in total. The van der Waals surface area contributed by atoms with E-state index in [2.05, 4.69) is 0 Å². The van der Waals surface area contributed by atoms with Gasteiger partial charge in [0.15, 0.2) is 5.76 Å². The van der Waals surface area contributed by atoms with Crippen LogP contribution in [0, 0.1) is 6.92 Å². The van der Waals surface area contributed by atoms with Gasteiger partial charge in [0.05, 0.1) is 0 Å². The fraction of sp³-hybridized carbons (Fsp3) is 0.615. The summed E-state index contributed by atoms with van der Waals surface area (Å²) in [5.74, 6) is 1.16. The summed E-state index contributed by atoms with van der Waals surface area (Å²) in [6.07, 6.45) is 3.19. The number of nitrogens with two attached hydrogens (primary N) is 1. The van der Waals surface area contributed by atoms with Crippen LogP contribution in [0.15, 0.2) is 16.5 Å². The second kappa shape index (κ2) is 4.92. The number of carbonyl (C=O) groups is 1. The van der Waals surface area contributed by atoms with E-state index in [0.717, 1.165) is 31.6 Å². The standard InChI is InChI=1S/C13H20N2O2/c1-9-6-7-12(17-9)13(16)15-8-4-3-5-11(15)10(2)14/h6-7,10-11H,3-5,8,14H2,1-2H3/t10-,11-/m1/s1. The smallest absolute Gasteiger partial charge is 0.289 e.